The Bertz CT molecular complexity index is 540. The third-order valence-electron chi connectivity index (χ3n) is 2.25. The number of halogens is 1. The van der Waals surface area contributed by atoms with Gasteiger partial charge in [-0.1, -0.05) is 0 Å². The number of rotatable bonds is 4. The van der Waals surface area contributed by atoms with E-state index in [0.29, 0.717) is 5.82 Å². The van der Waals surface area contributed by atoms with Gasteiger partial charge in [0.25, 0.3) is 5.56 Å². The van der Waals surface area contributed by atoms with Crippen molar-refractivity contribution in [2.45, 2.75) is 26.4 Å². The second-order valence-corrected chi connectivity index (χ2v) is 4.51. The molecule has 1 amide bonds. The van der Waals surface area contributed by atoms with Crippen LogP contribution in [0.2, 0.25) is 0 Å². The molecule has 0 aromatic carbocycles. The highest BCUT2D eigenvalue weighted by atomic mass is 79.9. The quantitative estimate of drug-likeness (QED) is 0.807. The average Bonchev–Trinajstić information content (AvgIpc) is 2.27. The largest absolute Gasteiger partial charge is 0.480 e. The van der Waals surface area contributed by atoms with Gasteiger partial charge in [-0.05, 0) is 22.9 Å². The van der Waals surface area contributed by atoms with Gasteiger partial charge < -0.3 is 10.4 Å². The molecule has 1 aromatic heterocycles. The van der Waals surface area contributed by atoms with Crippen LogP contribution in [-0.4, -0.2) is 32.6 Å². The lowest BCUT2D eigenvalue weighted by atomic mass is 10.3. The summed E-state index contributed by atoms with van der Waals surface area (Å²) >= 11 is 3.03. The van der Waals surface area contributed by atoms with Gasteiger partial charge in [-0.3, -0.25) is 14.2 Å². The minimum absolute atomic E-state index is 0.175. The van der Waals surface area contributed by atoms with Gasteiger partial charge in [0.1, 0.15) is 16.3 Å². The molecule has 0 saturated heterocycles. The fourth-order valence-corrected chi connectivity index (χ4v) is 1.70. The van der Waals surface area contributed by atoms with E-state index < -0.39 is 17.9 Å². The number of aliphatic carboxylic acids is 1. The Hall–Kier alpha value is -1.70. The second kappa shape index (κ2) is 5.76. The zero-order valence-electron chi connectivity index (χ0n) is 9.81. The first-order valence-corrected chi connectivity index (χ1v) is 5.84. The molecule has 1 atom stereocenters. The van der Waals surface area contributed by atoms with Gasteiger partial charge in [0, 0.05) is 13.1 Å². The van der Waals surface area contributed by atoms with Crippen LogP contribution >= 0.6 is 15.9 Å². The Labute approximate surface area is 111 Å². The van der Waals surface area contributed by atoms with Crippen LogP contribution in [-0.2, 0) is 16.1 Å². The van der Waals surface area contributed by atoms with E-state index in [9.17, 15) is 14.4 Å². The summed E-state index contributed by atoms with van der Waals surface area (Å²) < 4.78 is 1.43. The Kier molecular flexibility index (Phi) is 4.60. The lowest BCUT2D eigenvalue weighted by Crippen LogP contribution is -2.45. The van der Waals surface area contributed by atoms with Crippen LogP contribution in [0.15, 0.2) is 15.5 Å². The van der Waals surface area contributed by atoms with Crippen LogP contribution in [0, 0.1) is 6.92 Å². The number of nitrogens with one attached hydrogen (secondary N) is 1. The van der Waals surface area contributed by atoms with Gasteiger partial charge >= 0.3 is 5.97 Å². The molecule has 0 aliphatic rings. The van der Waals surface area contributed by atoms with E-state index in [-0.39, 0.29) is 16.6 Å². The van der Waals surface area contributed by atoms with E-state index in [1.54, 1.807) is 6.92 Å². The topological polar surface area (TPSA) is 101 Å². The molecule has 1 aromatic rings. The zero-order chi connectivity index (χ0) is 13.9. The average molecular weight is 318 g/mol. The molecule has 1 heterocycles. The van der Waals surface area contributed by atoms with Crippen molar-refractivity contribution in [1.29, 1.82) is 0 Å². The fourth-order valence-electron chi connectivity index (χ4n) is 1.38. The van der Waals surface area contributed by atoms with Crippen molar-refractivity contribution in [3.8, 4) is 0 Å². The number of hydrogen-bond donors (Lipinski definition) is 2. The highest BCUT2D eigenvalue weighted by molar-refractivity contribution is 9.10. The van der Waals surface area contributed by atoms with Gasteiger partial charge in [0.15, 0.2) is 0 Å². The SMILES string of the molecule is CC(=O)NC(Cn1c(C)ncc(Br)c1=O)C(=O)O. The minimum Gasteiger partial charge on any atom is -0.480 e. The number of carboxylic acids is 1. The van der Waals surface area contributed by atoms with Gasteiger partial charge in [-0.2, -0.15) is 0 Å². The Balaban J connectivity index is 3.08. The highest BCUT2D eigenvalue weighted by Gasteiger charge is 2.20. The maximum absolute atomic E-state index is 11.8. The number of carboxylic acid groups (broad SMARTS) is 1. The molecule has 0 fully saturated rings. The van der Waals surface area contributed by atoms with Crippen molar-refractivity contribution >= 4 is 27.8 Å². The third-order valence-corrected chi connectivity index (χ3v) is 2.79. The molecule has 2 N–H and O–H groups in total. The normalized spacial score (nSPS) is 11.9. The van der Waals surface area contributed by atoms with E-state index in [1.165, 1.54) is 17.7 Å². The molecule has 0 radical (unpaired) electrons. The molecule has 1 unspecified atom stereocenters. The smallest absolute Gasteiger partial charge is 0.328 e. The molecular weight excluding hydrogens is 306 g/mol. The van der Waals surface area contributed by atoms with Crippen molar-refractivity contribution in [2.75, 3.05) is 0 Å². The lowest BCUT2D eigenvalue weighted by molar-refractivity contribution is -0.142. The van der Waals surface area contributed by atoms with Gasteiger partial charge in [-0.25, -0.2) is 9.78 Å². The first-order valence-electron chi connectivity index (χ1n) is 5.04. The maximum atomic E-state index is 11.8. The van der Waals surface area contributed by atoms with Crippen LogP contribution in [0.3, 0.4) is 0 Å². The van der Waals surface area contributed by atoms with Gasteiger partial charge in [0.2, 0.25) is 5.91 Å². The Morgan fingerprint density at radius 1 is 1.61 bits per heavy atom. The number of carbonyl (C=O) groups excluding carboxylic acids is 1. The van der Waals surface area contributed by atoms with Crippen molar-refractivity contribution < 1.29 is 14.7 Å². The predicted octanol–water partition coefficient (Wildman–Crippen LogP) is -0.0965. The highest BCUT2D eigenvalue weighted by Crippen LogP contribution is 2.02. The van der Waals surface area contributed by atoms with Crippen LogP contribution in [0.5, 0.6) is 0 Å². The summed E-state index contributed by atoms with van der Waals surface area (Å²) in [4.78, 5) is 37.6. The summed E-state index contributed by atoms with van der Waals surface area (Å²) in [5.41, 5.74) is -0.390. The number of aromatic nitrogens is 2. The summed E-state index contributed by atoms with van der Waals surface area (Å²) in [5, 5.41) is 11.2. The summed E-state index contributed by atoms with van der Waals surface area (Å²) in [6.45, 7) is 2.62. The molecule has 0 spiro atoms. The molecule has 8 heteroatoms. The van der Waals surface area contributed by atoms with Gasteiger partial charge in [0.05, 0.1) is 6.54 Å². The lowest BCUT2D eigenvalue weighted by Gasteiger charge is -2.16. The molecule has 0 saturated carbocycles. The third kappa shape index (κ3) is 3.39. The van der Waals surface area contributed by atoms with E-state index >= 15 is 0 Å². The van der Waals surface area contributed by atoms with Crippen LogP contribution in [0.25, 0.3) is 0 Å². The summed E-state index contributed by atoms with van der Waals surface area (Å²) in [6.07, 6.45) is 1.35. The summed E-state index contributed by atoms with van der Waals surface area (Å²) in [5.74, 6) is -1.31. The van der Waals surface area contributed by atoms with Crippen molar-refractivity contribution in [1.82, 2.24) is 14.9 Å². The minimum atomic E-state index is -1.21. The second-order valence-electron chi connectivity index (χ2n) is 3.66. The van der Waals surface area contributed by atoms with Crippen molar-refractivity contribution in [2.24, 2.45) is 0 Å². The van der Waals surface area contributed by atoms with E-state index in [1.807, 2.05) is 0 Å². The predicted molar refractivity (Wildman–Crippen MR) is 66.2 cm³/mol. The van der Waals surface area contributed by atoms with Crippen molar-refractivity contribution in [3.63, 3.8) is 0 Å². The molecule has 0 aliphatic carbocycles. The standard InChI is InChI=1S/C10H12BrN3O4/c1-5-12-3-7(11)9(16)14(5)4-8(10(17)18)13-6(2)15/h3,8H,4H2,1-2H3,(H,13,15)(H,17,18). The zero-order valence-corrected chi connectivity index (χ0v) is 11.4. The summed E-state index contributed by atoms with van der Waals surface area (Å²) in [7, 11) is 0. The van der Waals surface area contributed by atoms with E-state index in [4.69, 9.17) is 5.11 Å². The van der Waals surface area contributed by atoms with Crippen molar-refractivity contribution in [3.05, 3.63) is 26.8 Å². The van der Waals surface area contributed by atoms with Crippen LogP contribution < -0.4 is 10.9 Å². The van der Waals surface area contributed by atoms with Crippen LogP contribution in [0.4, 0.5) is 0 Å². The molecule has 98 valence electrons. The first-order chi connectivity index (χ1) is 8.32. The first kappa shape index (κ1) is 14.4. The molecule has 0 aliphatic heterocycles. The number of amides is 1. The molecule has 18 heavy (non-hydrogen) atoms. The number of aryl methyl sites for hydroxylation is 1. The maximum Gasteiger partial charge on any atom is 0.328 e. The number of nitrogens with zero attached hydrogens (tertiary/aromatic N) is 2. The Morgan fingerprint density at radius 2 is 2.22 bits per heavy atom. The molecule has 0 bridgehead atoms. The Morgan fingerprint density at radius 3 is 2.72 bits per heavy atom. The van der Waals surface area contributed by atoms with E-state index in [2.05, 4.69) is 26.2 Å². The molecular formula is C10H12BrN3O4. The van der Waals surface area contributed by atoms with Crippen LogP contribution in [0.1, 0.15) is 12.7 Å². The van der Waals surface area contributed by atoms with Gasteiger partial charge in [-0.15, -0.1) is 0 Å². The molecule has 1 rings (SSSR count). The molecule has 7 nitrogen and oxygen atoms in total. The number of hydrogen-bond acceptors (Lipinski definition) is 4. The summed E-state index contributed by atoms with van der Waals surface area (Å²) in [6, 6.07) is -1.17. The fraction of sp³-hybridized carbons (Fsp3) is 0.400. The van der Waals surface area contributed by atoms with E-state index in [0.717, 1.165) is 0 Å². The number of carbonyl (C=O) groups is 2. The monoisotopic (exact) mass is 317 g/mol.